The van der Waals surface area contributed by atoms with Gasteiger partial charge in [-0.2, -0.15) is 0 Å². The Labute approximate surface area is 86.9 Å². The summed E-state index contributed by atoms with van der Waals surface area (Å²) in [4.78, 5) is 2.21. The van der Waals surface area contributed by atoms with Gasteiger partial charge >= 0.3 is 0 Å². The van der Waals surface area contributed by atoms with Gasteiger partial charge in [0.05, 0.1) is 0 Å². The van der Waals surface area contributed by atoms with Gasteiger partial charge in [0.2, 0.25) is 0 Å². The van der Waals surface area contributed by atoms with Crippen LogP contribution in [0.4, 0.5) is 0 Å². The molecule has 2 heteroatoms. The molecule has 0 amide bonds. The summed E-state index contributed by atoms with van der Waals surface area (Å²) in [6.45, 7) is 4.19. The maximum Gasteiger partial charge on any atom is 0.0448 e. The number of rotatable bonds is 5. The van der Waals surface area contributed by atoms with Crippen molar-refractivity contribution in [2.45, 2.75) is 13.0 Å². The number of benzene rings is 1. The van der Waals surface area contributed by atoms with E-state index in [0.29, 0.717) is 6.04 Å². The first-order valence-corrected chi connectivity index (χ1v) is 5.17. The van der Waals surface area contributed by atoms with Crippen molar-refractivity contribution in [1.82, 2.24) is 10.2 Å². The van der Waals surface area contributed by atoms with E-state index < -0.39 is 0 Å². The monoisotopic (exact) mass is 192 g/mol. The van der Waals surface area contributed by atoms with Crippen molar-refractivity contribution in [3.05, 3.63) is 35.9 Å². The summed E-state index contributed by atoms with van der Waals surface area (Å²) in [7, 11) is 4.21. The highest BCUT2D eigenvalue weighted by Gasteiger charge is 2.09. The van der Waals surface area contributed by atoms with Crippen LogP contribution in [-0.4, -0.2) is 32.1 Å². The molecule has 0 aliphatic heterocycles. The van der Waals surface area contributed by atoms with Gasteiger partial charge < -0.3 is 10.2 Å². The fourth-order valence-corrected chi connectivity index (χ4v) is 1.58. The standard InChI is InChI=1S/C12H20N2/c1-4-13-12(10-14(2)3)11-8-6-5-7-9-11/h5-9,12-13H,4,10H2,1-3H3. The first-order chi connectivity index (χ1) is 6.74. The lowest BCUT2D eigenvalue weighted by Gasteiger charge is -2.22. The Morgan fingerprint density at radius 3 is 2.36 bits per heavy atom. The zero-order valence-electron chi connectivity index (χ0n) is 9.33. The zero-order valence-corrected chi connectivity index (χ0v) is 9.33. The van der Waals surface area contributed by atoms with Gasteiger partial charge in [-0.05, 0) is 26.2 Å². The highest BCUT2D eigenvalue weighted by Crippen LogP contribution is 2.12. The Kier molecular flexibility index (Phi) is 4.63. The highest BCUT2D eigenvalue weighted by molar-refractivity contribution is 5.19. The second-order valence-electron chi connectivity index (χ2n) is 3.78. The van der Waals surface area contributed by atoms with Gasteiger partial charge in [0.1, 0.15) is 0 Å². The molecule has 1 atom stereocenters. The van der Waals surface area contributed by atoms with E-state index in [9.17, 15) is 0 Å². The number of hydrogen-bond donors (Lipinski definition) is 1. The summed E-state index contributed by atoms with van der Waals surface area (Å²) in [6, 6.07) is 11.0. The van der Waals surface area contributed by atoms with Crippen LogP contribution in [0.5, 0.6) is 0 Å². The van der Waals surface area contributed by atoms with E-state index in [0.717, 1.165) is 13.1 Å². The predicted molar refractivity (Wildman–Crippen MR) is 61.4 cm³/mol. The van der Waals surface area contributed by atoms with Gasteiger partial charge in [0.15, 0.2) is 0 Å². The minimum absolute atomic E-state index is 0.441. The molecule has 78 valence electrons. The quantitative estimate of drug-likeness (QED) is 0.766. The smallest absolute Gasteiger partial charge is 0.0448 e. The molecule has 1 aromatic rings. The lowest BCUT2D eigenvalue weighted by Crippen LogP contribution is -2.30. The van der Waals surface area contributed by atoms with Crippen LogP contribution in [0.3, 0.4) is 0 Å². The van der Waals surface area contributed by atoms with Crippen LogP contribution in [0.2, 0.25) is 0 Å². The minimum atomic E-state index is 0.441. The van der Waals surface area contributed by atoms with E-state index in [1.54, 1.807) is 0 Å². The fraction of sp³-hybridized carbons (Fsp3) is 0.500. The normalized spacial score (nSPS) is 13.1. The van der Waals surface area contributed by atoms with Crippen LogP contribution in [-0.2, 0) is 0 Å². The molecule has 1 N–H and O–H groups in total. The van der Waals surface area contributed by atoms with Crippen LogP contribution < -0.4 is 5.32 Å². The van der Waals surface area contributed by atoms with Crippen molar-refractivity contribution in [3.63, 3.8) is 0 Å². The van der Waals surface area contributed by atoms with Gasteiger partial charge in [-0.1, -0.05) is 37.3 Å². The topological polar surface area (TPSA) is 15.3 Å². The third-order valence-electron chi connectivity index (χ3n) is 2.20. The predicted octanol–water partition coefficient (Wildman–Crippen LogP) is 1.90. The molecule has 0 aromatic heterocycles. The van der Waals surface area contributed by atoms with E-state index in [1.165, 1.54) is 5.56 Å². The van der Waals surface area contributed by atoms with Crippen LogP contribution in [0.25, 0.3) is 0 Å². The molecule has 1 rings (SSSR count). The molecule has 2 nitrogen and oxygen atoms in total. The number of nitrogens with zero attached hydrogens (tertiary/aromatic N) is 1. The lowest BCUT2D eigenvalue weighted by molar-refractivity contribution is 0.345. The Morgan fingerprint density at radius 1 is 1.21 bits per heavy atom. The molecule has 0 saturated heterocycles. The number of nitrogens with one attached hydrogen (secondary N) is 1. The molecule has 0 spiro atoms. The maximum absolute atomic E-state index is 3.49. The molecule has 0 fully saturated rings. The van der Waals surface area contributed by atoms with Gasteiger partial charge in [0, 0.05) is 12.6 Å². The Bertz CT molecular complexity index is 244. The second-order valence-corrected chi connectivity index (χ2v) is 3.78. The molecule has 0 aliphatic carbocycles. The van der Waals surface area contributed by atoms with Crippen molar-refractivity contribution in [2.24, 2.45) is 0 Å². The first-order valence-electron chi connectivity index (χ1n) is 5.17. The highest BCUT2D eigenvalue weighted by atomic mass is 15.1. The molecule has 0 saturated carbocycles. The SMILES string of the molecule is CCNC(CN(C)C)c1ccccc1. The van der Waals surface area contributed by atoms with Gasteiger partial charge in [-0.3, -0.25) is 0 Å². The molecule has 0 radical (unpaired) electrons. The van der Waals surface area contributed by atoms with E-state index in [2.05, 4.69) is 61.6 Å². The van der Waals surface area contributed by atoms with Crippen LogP contribution >= 0.6 is 0 Å². The van der Waals surface area contributed by atoms with E-state index in [-0.39, 0.29) is 0 Å². The van der Waals surface area contributed by atoms with Crippen molar-refractivity contribution < 1.29 is 0 Å². The second kappa shape index (κ2) is 5.78. The van der Waals surface area contributed by atoms with Gasteiger partial charge in [0.25, 0.3) is 0 Å². The summed E-state index contributed by atoms with van der Waals surface area (Å²) < 4.78 is 0. The van der Waals surface area contributed by atoms with Crippen molar-refractivity contribution >= 4 is 0 Å². The maximum atomic E-state index is 3.49. The molecule has 0 heterocycles. The molecular formula is C12H20N2. The molecular weight excluding hydrogens is 172 g/mol. The van der Waals surface area contributed by atoms with E-state index in [1.807, 2.05) is 0 Å². The fourth-order valence-electron chi connectivity index (χ4n) is 1.58. The Hall–Kier alpha value is -0.860. The molecule has 0 bridgehead atoms. The van der Waals surface area contributed by atoms with Crippen molar-refractivity contribution in [2.75, 3.05) is 27.2 Å². The number of likely N-dealkylation sites (N-methyl/N-ethyl adjacent to an activating group) is 2. The summed E-state index contributed by atoms with van der Waals surface area (Å²) in [5.41, 5.74) is 1.36. The number of hydrogen-bond acceptors (Lipinski definition) is 2. The van der Waals surface area contributed by atoms with Gasteiger partial charge in [-0.15, -0.1) is 0 Å². The summed E-state index contributed by atoms with van der Waals surface area (Å²) in [5, 5.41) is 3.49. The summed E-state index contributed by atoms with van der Waals surface area (Å²) in [5.74, 6) is 0. The van der Waals surface area contributed by atoms with Crippen LogP contribution in [0.15, 0.2) is 30.3 Å². The molecule has 14 heavy (non-hydrogen) atoms. The van der Waals surface area contributed by atoms with Gasteiger partial charge in [-0.25, -0.2) is 0 Å². The largest absolute Gasteiger partial charge is 0.309 e. The minimum Gasteiger partial charge on any atom is -0.309 e. The van der Waals surface area contributed by atoms with Crippen molar-refractivity contribution in [3.8, 4) is 0 Å². The third kappa shape index (κ3) is 3.48. The van der Waals surface area contributed by atoms with Crippen LogP contribution in [0, 0.1) is 0 Å². The van der Waals surface area contributed by atoms with Crippen LogP contribution in [0.1, 0.15) is 18.5 Å². The average molecular weight is 192 g/mol. The molecule has 0 aliphatic rings. The van der Waals surface area contributed by atoms with E-state index >= 15 is 0 Å². The lowest BCUT2D eigenvalue weighted by atomic mass is 10.1. The summed E-state index contributed by atoms with van der Waals surface area (Å²) in [6.07, 6.45) is 0. The van der Waals surface area contributed by atoms with Crippen molar-refractivity contribution in [1.29, 1.82) is 0 Å². The zero-order chi connectivity index (χ0) is 10.4. The van der Waals surface area contributed by atoms with E-state index in [4.69, 9.17) is 0 Å². The average Bonchev–Trinajstić information content (AvgIpc) is 2.18. The Morgan fingerprint density at radius 2 is 1.86 bits per heavy atom. The summed E-state index contributed by atoms with van der Waals surface area (Å²) >= 11 is 0. The Balaban J connectivity index is 2.67. The molecule has 1 unspecified atom stereocenters. The first kappa shape index (κ1) is 11.2. The third-order valence-corrected chi connectivity index (χ3v) is 2.20. The molecule has 1 aromatic carbocycles.